The first kappa shape index (κ1) is 11.3. The summed E-state index contributed by atoms with van der Waals surface area (Å²) in [7, 11) is 0. The highest BCUT2D eigenvalue weighted by atomic mass is 32.2. The second kappa shape index (κ2) is 5.24. The van der Waals surface area contributed by atoms with E-state index >= 15 is 0 Å². The molecule has 1 saturated carbocycles. The molecule has 1 N–H and O–H groups in total. The molecular weight excluding hydrogens is 204 g/mol. The van der Waals surface area contributed by atoms with Gasteiger partial charge in [-0.15, -0.1) is 0 Å². The molecule has 0 aromatic heterocycles. The second-order valence-corrected chi connectivity index (χ2v) is 6.00. The number of rotatable bonds is 4. The molecule has 1 fully saturated rings. The third-order valence-electron chi connectivity index (χ3n) is 3.19. The molecule has 0 bridgehead atoms. The maximum atomic E-state index is 4.59. The number of amidine groups is 1. The lowest BCUT2D eigenvalue weighted by molar-refractivity contribution is 0.511. The van der Waals surface area contributed by atoms with Gasteiger partial charge in [-0.3, -0.25) is 4.99 Å². The van der Waals surface area contributed by atoms with Gasteiger partial charge in [0, 0.05) is 18.3 Å². The average molecular weight is 226 g/mol. The van der Waals surface area contributed by atoms with E-state index in [-0.39, 0.29) is 0 Å². The Morgan fingerprint density at radius 3 is 2.87 bits per heavy atom. The maximum absolute atomic E-state index is 4.59. The molecule has 0 saturated heterocycles. The van der Waals surface area contributed by atoms with Gasteiger partial charge < -0.3 is 5.32 Å². The van der Waals surface area contributed by atoms with Gasteiger partial charge in [-0.1, -0.05) is 38.5 Å². The fourth-order valence-electron chi connectivity index (χ4n) is 1.90. The number of hydrogen-bond acceptors (Lipinski definition) is 3. The van der Waals surface area contributed by atoms with Crippen LogP contribution in [0.15, 0.2) is 4.99 Å². The second-order valence-electron chi connectivity index (χ2n) is 4.99. The van der Waals surface area contributed by atoms with Crippen molar-refractivity contribution in [3.05, 3.63) is 0 Å². The van der Waals surface area contributed by atoms with Crippen LogP contribution < -0.4 is 5.32 Å². The van der Waals surface area contributed by atoms with Gasteiger partial charge in [-0.05, 0) is 24.7 Å². The predicted molar refractivity (Wildman–Crippen MR) is 68.5 cm³/mol. The molecular formula is C12H22N2S. The summed E-state index contributed by atoms with van der Waals surface area (Å²) < 4.78 is 0. The smallest absolute Gasteiger partial charge is 0.156 e. The van der Waals surface area contributed by atoms with Crippen LogP contribution in [0.4, 0.5) is 0 Å². The Morgan fingerprint density at radius 1 is 1.53 bits per heavy atom. The molecule has 2 rings (SSSR count). The van der Waals surface area contributed by atoms with Gasteiger partial charge in [-0.2, -0.15) is 0 Å². The molecule has 0 radical (unpaired) electrons. The van der Waals surface area contributed by atoms with Crippen molar-refractivity contribution < 1.29 is 0 Å². The van der Waals surface area contributed by atoms with E-state index in [9.17, 15) is 0 Å². The Bertz CT molecular complexity index is 236. The highest BCUT2D eigenvalue weighted by Gasteiger charge is 2.25. The number of hydrogen-bond donors (Lipinski definition) is 1. The normalized spacial score (nSPS) is 28.4. The SMILES string of the molecule is CCC(CC1CC1)NC1=NCC(C)CS1. The van der Waals surface area contributed by atoms with Gasteiger partial charge in [0.05, 0.1) is 0 Å². The molecule has 2 aliphatic rings. The van der Waals surface area contributed by atoms with E-state index in [1.165, 1.54) is 36.6 Å². The largest absolute Gasteiger partial charge is 0.362 e. The van der Waals surface area contributed by atoms with Crippen molar-refractivity contribution in [2.45, 2.75) is 45.6 Å². The van der Waals surface area contributed by atoms with Crippen LogP contribution in [-0.4, -0.2) is 23.5 Å². The van der Waals surface area contributed by atoms with Crippen molar-refractivity contribution in [3.8, 4) is 0 Å². The third kappa shape index (κ3) is 3.71. The topological polar surface area (TPSA) is 24.4 Å². The summed E-state index contributed by atoms with van der Waals surface area (Å²) >= 11 is 1.90. The lowest BCUT2D eigenvalue weighted by Crippen LogP contribution is -2.35. The maximum Gasteiger partial charge on any atom is 0.156 e. The predicted octanol–water partition coefficient (Wildman–Crippen LogP) is 2.89. The minimum Gasteiger partial charge on any atom is -0.362 e. The lowest BCUT2D eigenvalue weighted by Gasteiger charge is -2.23. The van der Waals surface area contributed by atoms with E-state index < -0.39 is 0 Å². The van der Waals surface area contributed by atoms with E-state index in [1.807, 2.05) is 11.8 Å². The molecule has 1 aliphatic heterocycles. The summed E-state index contributed by atoms with van der Waals surface area (Å²) in [4.78, 5) is 4.59. The van der Waals surface area contributed by atoms with Crippen LogP contribution in [0.25, 0.3) is 0 Å². The Labute approximate surface area is 97.3 Å². The summed E-state index contributed by atoms with van der Waals surface area (Å²) in [6.07, 6.45) is 5.49. The molecule has 2 unspecified atom stereocenters. The van der Waals surface area contributed by atoms with E-state index in [2.05, 4.69) is 24.2 Å². The molecule has 1 heterocycles. The first-order valence-corrected chi connectivity index (χ1v) is 7.20. The van der Waals surface area contributed by atoms with Crippen molar-refractivity contribution in [1.82, 2.24) is 5.32 Å². The summed E-state index contributed by atoms with van der Waals surface area (Å²) in [5, 5.41) is 4.81. The van der Waals surface area contributed by atoms with Gasteiger partial charge in [-0.25, -0.2) is 0 Å². The Morgan fingerprint density at radius 2 is 2.33 bits per heavy atom. The first-order chi connectivity index (χ1) is 7.28. The van der Waals surface area contributed by atoms with Crippen molar-refractivity contribution in [3.63, 3.8) is 0 Å². The molecule has 1 aliphatic carbocycles. The van der Waals surface area contributed by atoms with Crippen molar-refractivity contribution >= 4 is 16.9 Å². The van der Waals surface area contributed by atoms with Crippen molar-refractivity contribution in [2.24, 2.45) is 16.8 Å². The first-order valence-electron chi connectivity index (χ1n) is 6.21. The Hall–Kier alpha value is -0.180. The molecule has 0 amide bonds. The van der Waals surface area contributed by atoms with Gasteiger partial charge in [0.15, 0.2) is 5.17 Å². The van der Waals surface area contributed by atoms with Crippen molar-refractivity contribution in [2.75, 3.05) is 12.3 Å². The quantitative estimate of drug-likeness (QED) is 0.797. The zero-order valence-electron chi connectivity index (χ0n) is 9.83. The summed E-state index contributed by atoms with van der Waals surface area (Å²) in [6, 6.07) is 0.664. The highest BCUT2D eigenvalue weighted by Crippen LogP contribution is 2.34. The summed E-state index contributed by atoms with van der Waals surface area (Å²) in [5.41, 5.74) is 0. The number of thioether (sulfide) groups is 1. The van der Waals surface area contributed by atoms with Gasteiger partial charge in [0.25, 0.3) is 0 Å². The molecule has 15 heavy (non-hydrogen) atoms. The number of nitrogens with zero attached hydrogens (tertiary/aromatic N) is 1. The lowest BCUT2D eigenvalue weighted by atomic mass is 10.1. The fraction of sp³-hybridized carbons (Fsp3) is 0.917. The molecule has 2 nitrogen and oxygen atoms in total. The minimum atomic E-state index is 0.664. The van der Waals surface area contributed by atoms with Crippen LogP contribution in [0.5, 0.6) is 0 Å². The van der Waals surface area contributed by atoms with Gasteiger partial charge in [0.1, 0.15) is 0 Å². The zero-order valence-corrected chi connectivity index (χ0v) is 10.6. The molecule has 2 atom stereocenters. The zero-order chi connectivity index (χ0) is 10.7. The minimum absolute atomic E-state index is 0.664. The molecule has 0 aromatic carbocycles. The monoisotopic (exact) mass is 226 g/mol. The van der Waals surface area contributed by atoms with Gasteiger partial charge >= 0.3 is 0 Å². The van der Waals surface area contributed by atoms with Crippen LogP contribution in [0, 0.1) is 11.8 Å². The molecule has 3 heteroatoms. The van der Waals surface area contributed by atoms with Crippen LogP contribution in [-0.2, 0) is 0 Å². The van der Waals surface area contributed by atoms with Crippen LogP contribution in [0.2, 0.25) is 0 Å². The highest BCUT2D eigenvalue weighted by molar-refractivity contribution is 8.13. The van der Waals surface area contributed by atoms with Crippen LogP contribution in [0.3, 0.4) is 0 Å². The summed E-state index contributed by atoms with van der Waals surface area (Å²) in [5.74, 6) is 2.99. The van der Waals surface area contributed by atoms with Gasteiger partial charge in [0.2, 0.25) is 0 Å². The van der Waals surface area contributed by atoms with E-state index in [0.717, 1.165) is 18.4 Å². The molecule has 0 aromatic rings. The van der Waals surface area contributed by atoms with E-state index in [1.54, 1.807) is 0 Å². The molecule has 0 spiro atoms. The standard InChI is InChI=1S/C12H22N2S/c1-3-11(6-10-4-5-10)14-12-13-7-9(2)8-15-12/h9-11H,3-8H2,1-2H3,(H,13,14). The van der Waals surface area contributed by atoms with Crippen LogP contribution >= 0.6 is 11.8 Å². The Kier molecular flexibility index (Phi) is 3.95. The summed E-state index contributed by atoms with van der Waals surface area (Å²) in [6.45, 7) is 5.56. The average Bonchev–Trinajstić information content (AvgIpc) is 3.04. The molecule has 86 valence electrons. The van der Waals surface area contributed by atoms with E-state index in [4.69, 9.17) is 0 Å². The van der Waals surface area contributed by atoms with Crippen LogP contribution in [0.1, 0.15) is 39.5 Å². The number of nitrogens with one attached hydrogen (secondary N) is 1. The van der Waals surface area contributed by atoms with Crippen molar-refractivity contribution in [1.29, 1.82) is 0 Å². The third-order valence-corrected chi connectivity index (χ3v) is 4.44. The fourth-order valence-corrected chi connectivity index (χ4v) is 2.87. The Balaban J connectivity index is 1.77. The van der Waals surface area contributed by atoms with E-state index in [0.29, 0.717) is 6.04 Å². The number of aliphatic imine (C=N–C) groups is 1.